The summed E-state index contributed by atoms with van der Waals surface area (Å²) in [5, 5.41) is 3.13. The van der Waals surface area contributed by atoms with Crippen LogP contribution in [0.3, 0.4) is 0 Å². The Hall–Kier alpha value is -2.55. The van der Waals surface area contributed by atoms with Gasteiger partial charge in [0.1, 0.15) is 12.4 Å². The van der Waals surface area contributed by atoms with E-state index in [1.54, 1.807) is 42.5 Å². The first-order chi connectivity index (χ1) is 16.7. The number of rotatable bonds is 11. The van der Waals surface area contributed by atoms with Crippen LogP contribution in [0.5, 0.6) is 0 Å². The van der Waals surface area contributed by atoms with E-state index in [0.29, 0.717) is 40.2 Å². The summed E-state index contributed by atoms with van der Waals surface area (Å²) >= 11 is 7.47. The molecule has 0 saturated carbocycles. The van der Waals surface area contributed by atoms with Crippen molar-refractivity contribution in [2.24, 2.45) is 0 Å². The zero-order chi connectivity index (χ0) is 25.4. The summed E-state index contributed by atoms with van der Waals surface area (Å²) in [4.78, 5) is 12.8. The average molecular weight is 535 g/mol. The molecule has 0 aromatic heterocycles. The van der Waals surface area contributed by atoms with Crippen LogP contribution in [0.25, 0.3) is 0 Å². The number of nitrogens with zero attached hydrogens (tertiary/aromatic N) is 1. The Morgan fingerprint density at radius 3 is 2.34 bits per heavy atom. The molecule has 5 nitrogen and oxygen atoms in total. The number of carbonyl (C=O) groups excluding carboxylic acids is 1. The Bertz CT molecular complexity index is 1220. The molecule has 0 fully saturated rings. The van der Waals surface area contributed by atoms with Crippen molar-refractivity contribution >= 4 is 45.0 Å². The lowest BCUT2D eigenvalue weighted by Crippen LogP contribution is -2.41. The highest BCUT2D eigenvalue weighted by Gasteiger charge is 2.27. The van der Waals surface area contributed by atoms with E-state index in [0.717, 1.165) is 9.87 Å². The lowest BCUT2D eigenvalue weighted by Gasteiger charge is -2.24. The second kappa shape index (κ2) is 12.4. The van der Waals surface area contributed by atoms with Crippen molar-refractivity contribution < 1.29 is 17.6 Å². The Morgan fingerprint density at radius 2 is 1.71 bits per heavy atom. The summed E-state index contributed by atoms with van der Waals surface area (Å²) in [6.07, 6.45) is 0. The maximum Gasteiger partial charge on any atom is 0.264 e. The molecule has 0 aliphatic carbocycles. The largest absolute Gasteiger partial charge is 0.354 e. The van der Waals surface area contributed by atoms with Gasteiger partial charge in [0.15, 0.2) is 0 Å². The van der Waals surface area contributed by atoms with Crippen molar-refractivity contribution in [1.82, 2.24) is 5.32 Å². The van der Waals surface area contributed by atoms with Gasteiger partial charge in [-0.1, -0.05) is 61.8 Å². The molecule has 1 amide bonds. The molecule has 0 spiro atoms. The van der Waals surface area contributed by atoms with Gasteiger partial charge in [-0.3, -0.25) is 9.10 Å². The normalized spacial score (nSPS) is 11.5. The molecule has 3 aromatic carbocycles. The highest BCUT2D eigenvalue weighted by Crippen LogP contribution is 2.26. The van der Waals surface area contributed by atoms with E-state index < -0.39 is 15.9 Å². The van der Waals surface area contributed by atoms with Gasteiger partial charge in [0.25, 0.3) is 10.0 Å². The molecule has 0 aliphatic rings. The van der Waals surface area contributed by atoms with Crippen molar-refractivity contribution in [3.63, 3.8) is 0 Å². The number of hydrogen-bond acceptors (Lipinski definition) is 4. The van der Waals surface area contributed by atoms with Crippen molar-refractivity contribution in [2.45, 2.75) is 30.4 Å². The van der Waals surface area contributed by atoms with Gasteiger partial charge >= 0.3 is 0 Å². The van der Waals surface area contributed by atoms with E-state index >= 15 is 0 Å². The minimum Gasteiger partial charge on any atom is -0.354 e. The average Bonchev–Trinajstić information content (AvgIpc) is 2.84. The van der Waals surface area contributed by atoms with Crippen molar-refractivity contribution in [2.75, 3.05) is 23.1 Å². The van der Waals surface area contributed by atoms with Crippen LogP contribution in [0.1, 0.15) is 30.9 Å². The first kappa shape index (κ1) is 27.0. The molecule has 0 saturated heterocycles. The maximum atomic E-state index is 13.9. The second-order valence-corrected chi connectivity index (χ2v) is 11.5. The molecule has 0 aliphatic heterocycles. The Balaban J connectivity index is 1.66. The topological polar surface area (TPSA) is 66.5 Å². The number of benzene rings is 3. The number of thioether (sulfide) groups is 1. The number of halogens is 2. The quantitative estimate of drug-likeness (QED) is 0.313. The van der Waals surface area contributed by atoms with E-state index in [9.17, 15) is 17.6 Å². The SMILES string of the molecule is CC(C)c1ccc(N(CC(=O)NCCSCc2c(F)cccc2Cl)S(=O)(=O)c2ccccc2)cc1. The summed E-state index contributed by atoms with van der Waals surface area (Å²) in [5.41, 5.74) is 1.91. The Labute approximate surface area is 215 Å². The molecule has 1 N–H and O–H groups in total. The molecule has 0 radical (unpaired) electrons. The van der Waals surface area contributed by atoms with Crippen LogP contribution in [0.2, 0.25) is 5.02 Å². The van der Waals surface area contributed by atoms with E-state index in [-0.39, 0.29) is 17.3 Å². The van der Waals surface area contributed by atoms with Gasteiger partial charge < -0.3 is 5.32 Å². The smallest absolute Gasteiger partial charge is 0.264 e. The van der Waals surface area contributed by atoms with Crippen LogP contribution in [0.4, 0.5) is 10.1 Å². The molecule has 0 heterocycles. The molecule has 0 atom stereocenters. The molecular weight excluding hydrogens is 507 g/mol. The molecule has 0 bridgehead atoms. The number of hydrogen-bond donors (Lipinski definition) is 1. The maximum absolute atomic E-state index is 13.9. The number of sulfonamides is 1. The molecule has 186 valence electrons. The standard InChI is InChI=1S/C26H28ClFN2O3S2/c1-19(2)20-11-13-21(14-12-20)30(35(32,33)22-7-4-3-5-8-22)17-26(31)29-15-16-34-18-23-24(27)9-6-10-25(23)28/h3-14,19H,15-18H2,1-2H3,(H,29,31). The highest BCUT2D eigenvalue weighted by atomic mass is 35.5. The fourth-order valence-corrected chi connectivity index (χ4v) is 5.99. The number of carbonyl (C=O) groups is 1. The zero-order valence-corrected chi connectivity index (χ0v) is 22.0. The number of nitrogens with one attached hydrogen (secondary N) is 1. The molecule has 0 unspecified atom stereocenters. The molecule has 3 aromatic rings. The molecular formula is C26H28ClFN2O3S2. The van der Waals surface area contributed by atoms with Gasteiger partial charge in [0, 0.05) is 28.6 Å². The van der Waals surface area contributed by atoms with Gasteiger partial charge in [-0.15, -0.1) is 0 Å². The summed E-state index contributed by atoms with van der Waals surface area (Å²) in [5.74, 6) is 0.396. The number of amides is 1. The molecule has 3 rings (SSSR count). The molecule has 9 heteroatoms. The van der Waals surface area contributed by atoms with Gasteiger partial charge in [-0.2, -0.15) is 11.8 Å². The zero-order valence-electron chi connectivity index (χ0n) is 19.6. The highest BCUT2D eigenvalue weighted by molar-refractivity contribution is 7.98. The van der Waals surface area contributed by atoms with Crippen LogP contribution >= 0.6 is 23.4 Å². The lowest BCUT2D eigenvalue weighted by molar-refractivity contribution is -0.119. The number of anilines is 1. The Morgan fingerprint density at radius 1 is 1.03 bits per heavy atom. The summed E-state index contributed by atoms with van der Waals surface area (Å²) in [6, 6.07) is 19.8. The fraction of sp³-hybridized carbons (Fsp3) is 0.269. The monoisotopic (exact) mass is 534 g/mol. The van der Waals surface area contributed by atoms with E-state index in [4.69, 9.17) is 11.6 Å². The van der Waals surface area contributed by atoms with Gasteiger partial charge in [0.05, 0.1) is 10.6 Å². The van der Waals surface area contributed by atoms with Crippen LogP contribution < -0.4 is 9.62 Å². The lowest BCUT2D eigenvalue weighted by atomic mass is 10.0. The second-order valence-electron chi connectivity index (χ2n) is 8.17. The van der Waals surface area contributed by atoms with Crippen LogP contribution in [0, 0.1) is 5.82 Å². The summed E-state index contributed by atoms with van der Waals surface area (Å²) in [7, 11) is -3.95. The summed E-state index contributed by atoms with van der Waals surface area (Å²) in [6.45, 7) is 4.06. The summed E-state index contributed by atoms with van der Waals surface area (Å²) < 4.78 is 41.8. The van der Waals surface area contributed by atoms with Crippen LogP contribution in [-0.2, 0) is 20.6 Å². The van der Waals surface area contributed by atoms with E-state index in [1.807, 2.05) is 12.1 Å². The van der Waals surface area contributed by atoms with Crippen molar-refractivity contribution in [3.8, 4) is 0 Å². The fourth-order valence-electron chi connectivity index (χ4n) is 3.35. The van der Waals surface area contributed by atoms with Crippen molar-refractivity contribution in [3.05, 3.63) is 94.8 Å². The first-order valence-corrected chi connectivity index (χ1v) is 14.1. The van der Waals surface area contributed by atoms with Gasteiger partial charge in [-0.05, 0) is 47.9 Å². The minimum absolute atomic E-state index is 0.109. The van der Waals surface area contributed by atoms with E-state index in [1.165, 1.54) is 30.0 Å². The predicted octanol–water partition coefficient (Wildman–Crippen LogP) is 5.85. The third-order valence-corrected chi connectivity index (χ3v) is 8.47. The van der Waals surface area contributed by atoms with Crippen molar-refractivity contribution in [1.29, 1.82) is 0 Å². The predicted molar refractivity (Wildman–Crippen MR) is 142 cm³/mol. The molecule has 35 heavy (non-hydrogen) atoms. The third kappa shape index (κ3) is 7.22. The van der Waals surface area contributed by atoms with E-state index in [2.05, 4.69) is 19.2 Å². The van der Waals surface area contributed by atoms with Gasteiger partial charge in [-0.25, -0.2) is 12.8 Å². The minimum atomic E-state index is -3.95. The van der Waals surface area contributed by atoms with Crippen LogP contribution in [0.15, 0.2) is 77.7 Å². The Kier molecular flexibility index (Phi) is 9.60. The van der Waals surface area contributed by atoms with Crippen LogP contribution in [-0.4, -0.2) is 33.2 Å². The third-order valence-electron chi connectivity index (χ3n) is 5.34. The first-order valence-electron chi connectivity index (χ1n) is 11.1. The van der Waals surface area contributed by atoms with Gasteiger partial charge in [0.2, 0.25) is 5.91 Å².